The molecule has 0 aromatic carbocycles. The van der Waals surface area contributed by atoms with E-state index in [2.05, 4.69) is 4.74 Å². The summed E-state index contributed by atoms with van der Waals surface area (Å²) in [5.74, 6) is 0. The van der Waals surface area contributed by atoms with Crippen LogP contribution in [0.25, 0.3) is 0 Å². The number of aliphatic hydroxyl groups is 4. The number of hydrogen-bond donors (Lipinski definition) is 4. The maximum Gasteiger partial charge on any atom is 1.00 e. The van der Waals surface area contributed by atoms with Gasteiger partial charge in [0.25, 0.3) is 0 Å². The van der Waals surface area contributed by atoms with E-state index in [-0.39, 0.29) is 26.1 Å². The molecular formula is C6H11O5Ru. The van der Waals surface area contributed by atoms with Gasteiger partial charge < -0.3 is 25.2 Å². The average Bonchev–Trinajstić information content (AvgIpc) is 2.01. The number of hydrogen-bond acceptors (Lipinski definition) is 5. The van der Waals surface area contributed by atoms with Gasteiger partial charge >= 0.3 is 19.5 Å². The monoisotopic (exact) mass is 265 g/mol. The Balaban J connectivity index is 0.00000121. The topological polar surface area (TPSA) is 90.2 Å². The molecule has 1 aliphatic heterocycles. The maximum absolute atomic E-state index is 9.09. The Kier molecular flexibility index (Phi) is 5.40. The predicted octanol–water partition coefficient (Wildman–Crippen LogP) is -2.38. The number of rotatable bonds is 1. The van der Waals surface area contributed by atoms with Gasteiger partial charge in [0.2, 0.25) is 0 Å². The average molecular weight is 264 g/mol. The second-order valence-electron chi connectivity index (χ2n) is 2.46. The van der Waals surface area contributed by atoms with Crippen LogP contribution in [0.2, 0.25) is 0 Å². The molecule has 1 saturated heterocycles. The minimum Gasteiger partial charge on any atom is -0.544 e. The van der Waals surface area contributed by atoms with Gasteiger partial charge in [0.1, 0.15) is 6.10 Å². The van der Waals surface area contributed by atoms with Crippen LogP contribution >= 0.6 is 0 Å². The van der Waals surface area contributed by atoms with Gasteiger partial charge in [-0.05, 0) is 6.10 Å². The zero-order valence-electron chi connectivity index (χ0n) is 6.14. The molecule has 1 rings (SSSR count). The van der Waals surface area contributed by atoms with E-state index in [1.165, 1.54) is 0 Å². The van der Waals surface area contributed by atoms with Crippen molar-refractivity contribution in [1.29, 1.82) is 0 Å². The molecular weight excluding hydrogens is 253 g/mol. The van der Waals surface area contributed by atoms with Gasteiger partial charge in [0.15, 0.2) is 0 Å². The summed E-state index contributed by atoms with van der Waals surface area (Å²) in [4.78, 5) is 0. The van der Waals surface area contributed by atoms with Crippen molar-refractivity contribution < 1.29 is 44.6 Å². The number of ether oxygens (including phenoxy) is 1. The summed E-state index contributed by atoms with van der Waals surface area (Å²) in [6.45, 7) is 0.611. The molecule has 12 heavy (non-hydrogen) atoms. The summed E-state index contributed by atoms with van der Waals surface area (Å²) in [7, 11) is 0. The van der Waals surface area contributed by atoms with Crippen LogP contribution in [0, 0.1) is 6.61 Å². The first kappa shape index (κ1) is 12.4. The molecule has 5 nitrogen and oxygen atoms in total. The van der Waals surface area contributed by atoms with Crippen LogP contribution in [-0.4, -0.2) is 51.4 Å². The van der Waals surface area contributed by atoms with Crippen LogP contribution < -0.4 is 0 Å². The quantitative estimate of drug-likeness (QED) is 0.314. The van der Waals surface area contributed by atoms with E-state index in [9.17, 15) is 0 Å². The third kappa shape index (κ3) is 2.45. The van der Waals surface area contributed by atoms with Gasteiger partial charge in [-0.15, -0.1) is 0 Å². The van der Waals surface area contributed by atoms with E-state index >= 15 is 0 Å². The van der Waals surface area contributed by atoms with E-state index < -0.39 is 24.4 Å². The van der Waals surface area contributed by atoms with Gasteiger partial charge in [-0.1, -0.05) is 0 Å². The minimum absolute atomic E-state index is 0. The van der Waals surface area contributed by atoms with Crippen molar-refractivity contribution >= 4 is 0 Å². The van der Waals surface area contributed by atoms with Crippen molar-refractivity contribution in [2.24, 2.45) is 0 Å². The zero-order chi connectivity index (χ0) is 8.43. The molecule has 1 heterocycles. The maximum atomic E-state index is 9.09. The molecule has 0 unspecified atom stereocenters. The van der Waals surface area contributed by atoms with Gasteiger partial charge in [-0.2, -0.15) is 6.61 Å². The zero-order valence-corrected chi connectivity index (χ0v) is 7.88. The predicted molar refractivity (Wildman–Crippen MR) is 34.3 cm³/mol. The molecule has 1 aliphatic rings. The summed E-state index contributed by atoms with van der Waals surface area (Å²) >= 11 is 0. The van der Waals surface area contributed by atoms with Crippen molar-refractivity contribution in [2.45, 2.75) is 24.4 Å². The molecule has 1 radical (unpaired) electrons. The summed E-state index contributed by atoms with van der Waals surface area (Å²) in [6.07, 6.45) is -4.54. The van der Waals surface area contributed by atoms with Crippen LogP contribution in [-0.2, 0) is 24.2 Å². The normalized spacial score (nSPS) is 42.0. The first-order valence-electron chi connectivity index (χ1n) is 3.30. The van der Waals surface area contributed by atoms with E-state index in [1.54, 1.807) is 0 Å². The first-order valence-corrected chi connectivity index (χ1v) is 3.30. The molecule has 6 heteroatoms. The SMILES string of the molecule is OC[C@H]1O[CH-][C@H](O)[C@@H](O)[C@@H]1O.[Ru+]. The molecule has 4 N–H and O–H groups in total. The van der Waals surface area contributed by atoms with Crippen LogP contribution in [0.4, 0.5) is 0 Å². The molecule has 0 saturated carbocycles. The fraction of sp³-hybridized carbons (Fsp3) is 0.833. The van der Waals surface area contributed by atoms with E-state index in [4.69, 9.17) is 20.4 Å². The second kappa shape index (κ2) is 5.22. The molecule has 0 bridgehead atoms. The van der Waals surface area contributed by atoms with E-state index in [0.29, 0.717) is 0 Å². The van der Waals surface area contributed by atoms with Gasteiger partial charge in [0.05, 0.1) is 18.8 Å². The summed E-state index contributed by atoms with van der Waals surface area (Å²) < 4.78 is 4.69. The minimum atomic E-state index is -1.28. The van der Waals surface area contributed by atoms with Gasteiger partial charge in [0, 0.05) is 0 Å². The van der Waals surface area contributed by atoms with Crippen molar-refractivity contribution in [1.82, 2.24) is 0 Å². The standard InChI is InChI=1S/C6H11O5.Ru/c7-1-4-6(10)5(9)3(8)2-11-4;/h2-10H,1H2;/q-1;+1/t3-,4+,5+,6+;/m0./s1. The van der Waals surface area contributed by atoms with Crippen LogP contribution in [0.1, 0.15) is 0 Å². The Hall–Kier alpha value is 0.423. The molecule has 0 spiro atoms. The van der Waals surface area contributed by atoms with Gasteiger partial charge in [-0.25, -0.2) is 0 Å². The fourth-order valence-electron chi connectivity index (χ4n) is 0.915. The van der Waals surface area contributed by atoms with Crippen LogP contribution in [0.3, 0.4) is 0 Å². The third-order valence-electron chi connectivity index (χ3n) is 1.65. The molecule has 4 atom stereocenters. The second-order valence-corrected chi connectivity index (χ2v) is 2.46. The van der Waals surface area contributed by atoms with E-state index in [1.807, 2.05) is 0 Å². The molecule has 0 amide bonds. The first-order chi connectivity index (χ1) is 5.16. The molecule has 0 aromatic rings. The smallest absolute Gasteiger partial charge is 0.544 e. The van der Waals surface area contributed by atoms with E-state index in [0.717, 1.165) is 6.61 Å². The van der Waals surface area contributed by atoms with Crippen molar-refractivity contribution in [3.63, 3.8) is 0 Å². The Morgan fingerprint density at radius 2 is 1.75 bits per heavy atom. The van der Waals surface area contributed by atoms with Crippen molar-refractivity contribution in [3.8, 4) is 0 Å². The van der Waals surface area contributed by atoms with Crippen LogP contribution in [0.15, 0.2) is 0 Å². The molecule has 1 fully saturated rings. The van der Waals surface area contributed by atoms with Gasteiger partial charge in [-0.3, -0.25) is 0 Å². The Morgan fingerprint density at radius 3 is 2.25 bits per heavy atom. The largest absolute Gasteiger partial charge is 1.00 e. The molecule has 0 aliphatic carbocycles. The van der Waals surface area contributed by atoms with Crippen molar-refractivity contribution in [3.05, 3.63) is 6.61 Å². The summed E-state index contributed by atoms with van der Waals surface area (Å²) in [5.41, 5.74) is 0. The Bertz CT molecular complexity index is 131. The fourth-order valence-corrected chi connectivity index (χ4v) is 0.915. The third-order valence-corrected chi connectivity index (χ3v) is 1.65. The van der Waals surface area contributed by atoms with Crippen LogP contribution in [0.5, 0.6) is 0 Å². The summed E-state index contributed by atoms with van der Waals surface area (Å²) in [5, 5.41) is 35.6. The Morgan fingerprint density at radius 1 is 1.17 bits per heavy atom. The number of aliphatic hydroxyl groups excluding tert-OH is 4. The Labute approximate surface area is 82.7 Å². The summed E-state index contributed by atoms with van der Waals surface area (Å²) in [6, 6.07) is 0. The van der Waals surface area contributed by atoms with Crippen molar-refractivity contribution in [2.75, 3.05) is 6.61 Å². The molecule has 73 valence electrons. The molecule has 0 aromatic heterocycles.